The molecule has 98 valence electrons. The molecule has 3 rings (SSSR count). The zero-order chi connectivity index (χ0) is 13.4. The Hall–Kier alpha value is -1.79. The van der Waals surface area contributed by atoms with Crippen LogP contribution in [0, 0.1) is 17.2 Å². The third-order valence-corrected chi connectivity index (χ3v) is 4.11. The lowest BCUT2D eigenvalue weighted by Crippen LogP contribution is -2.13. The maximum Gasteiger partial charge on any atom is 0.0991 e. The third-order valence-electron chi connectivity index (χ3n) is 4.11. The fourth-order valence-corrected chi connectivity index (χ4v) is 2.89. The van der Waals surface area contributed by atoms with Gasteiger partial charge in [0.15, 0.2) is 0 Å². The van der Waals surface area contributed by atoms with E-state index in [2.05, 4.69) is 36.2 Å². The number of nitriles is 1. The second-order valence-corrected chi connectivity index (χ2v) is 5.81. The van der Waals surface area contributed by atoms with Gasteiger partial charge in [-0.3, -0.25) is 0 Å². The number of benzene rings is 1. The molecular formula is C16H19N3. The molecule has 2 aromatic rings. The van der Waals surface area contributed by atoms with E-state index < -0.39 is 0 Å². The first-order chi connectivity index (χ1) is 9.19. The smallest absolute Gasteiger partial charge is 0.0991 e. The Morgan fingerprint density at radius 3 is 3.00 bits per heavy atom. The van der Waals surface area contributed by atoms with Crippen molar-refractivity contribution in [2.45, 2.75) is 18.8 Å². The molecule has 0 bridgehead atoms. The van der Waals surface area contributed by atoms with Gasteiger partial charge >= 0.3 is 0 Å². The van der Waals surface area contributed by atoms with Gasteiger partial charge in [-0.25, -0.2) is 0 Å². The topological polar surface area (TPSA) is 42.8 Å². The molecular weight excluding hydrogens is 234 g/mol. The number of nitrogens with zero attached hydrogens (tertiary/aromatic N) is 2. The fourth-order valence-electron chi connectivity index (χ4n) is 2.89. The summed E-state index contributed by atoms with van der Waals surface area (Å²) in [5.41, 5.74) is 3.29. The van der Waals surface area contributed by atoms with Crippen LogP contribution in [0.3, 0.4) is 0 Å². The van der Waals surface area contributed by atoms with Crippen molar-refractivity contribution >= 4 is 10.9 Å². The van der Waals surface area contributed by atoms with Gasteiger partial charge in [-0.2, -0.15) is 5.26 Å². The van der Waals surface area contributed by atoms with Gasteiger partial charge in [-0.15, -0.1) is 0 Å². The number of H-pyrrole nitrogens is 1. The lowest BCUT2D eigenvalue weighted by atomic mass is 10.0. The molecule has 2 unspecified atom stereocenters. The van der Waals surface area contributed by atoms with Crippen LogP contribution in [0.5, 0.6) is 0 Å². The molecule has 2 atom stereocenters. The zero-order valence-corrected chi connectivity index (χ0v) is 11.5. The normalized spacial score (nSPS) is 21.8. The van der Waals surface area contributed by atoms with Crippen molar-refractivity contribution < 1.29 is 0 Å². The zero-order valence-electron chi connectivity index (χ0n) is 11.5. The van der Waals surface area contributed by atoms with Crippen LogP contribution < -0.4 is 0 Å². The summed E-state index contributed by atoms with van der Waals surface area (Å²) < 4.78 is 0. The number of fused-ring (bicyclic) bond motifs is 1. The summed E-state index contributed by atoms with van der Waals surface area (Å²) in [5.74, 6) is 1.50. The SMILES string of the molecule is CN(C)CCC1CC1c1c[nH]c2ccc(C#N)cc12. The van der Waals surface area contributed by atoms with E-state index >= 15 is 0 Å². The number of aromatic amines is 1. The van der Waals surface area contributed by atoms with Crippen LogP contribution in [0.2, 0.25) is 0 Å². The molecule has 19 heavy (non-hydrogen) atoms. The van der Waals surface area contributed by atoms with Crippen molar-refractivity contribution in [1.82, 2.24) is 9.88 Å². The highest BCUT2D eigenvalue weighted by atomic mass is 15.0. The van der Waals surface area contributed by atoms with Gasteiger partial charge in [0.05, 0.1) is 11.6 Å². The van der Waals surface area contributed by atoms with E-state index in [1.165, 1.54) is 23.8 Å². The molecule has 3 heteroatoms. The molecule has 0 saturated heterocycles. The minimum Gasteiger partial charge on any atom is -0.361 e. The molecule has 1 fully saturated rings. The van der Waals surface area contributed by atoms with Gasteiger partial charge in [0, 0.05) is 17.1 Å². The van der Waals surface area contributed by atoms with E-state index in [0.717, 1.165) is 23.5 Å². The molecule has 0 radical (unpaired) electrons. The minimum atomic E-state index is 0.683. The van der Waals surface area contributed by atoms with Crippen LogP contribution >= 0.6 is 0 Å². The molecule has 0 amide bonds. The van der Waals surface area contributed by atoms with Crippen LogP contribution in [-0.2, 0) is 0 Å². The van der Waals surface area contributed by atoms with Gasteiger partial charge in [-0.05, 0) is 69.1 Å². The Bertz CT molecular complexity index is 633. The van der Waals surface area contributed by atoms with Crippen LogP contribution in [-0.4, -0.2) is 30.5 Å². The average molecular weight is 253 g/mol. The van der Waals surface area contributed by atoms with Gasteiger partial charge in [-0.1, -0.05) is 0 Å². The summed E-state index contributed by atoms with van der Waals surface area (Å²) in [4.78, 5) is 5.57. The summed E-state index contributed by atoms with van der Waals surface area (Å²) in [6, 6.07) is 8.13. The molecule has 1 heterocycles. The predicted octanol–water partition coefficient (Wildman–Crippen LogP) is 3.09. The largest absolute Gasteiger partial charge is 0.361 e. The number of hydrogen-bond acceptors (Lipinski definition) is 2. The monoisotopic (exact) mass is 253 g/mol. The molecule has 1 aliphatic carbocycles. The average Bonchev–Trinajstić information content (AvgIpc) is 3.06. The predicted molar refractivity (Wildman–Crippen MR) is 77.0 cm³/mol. The van der Waals surface area contributed by atoms with E-state index in [1.807, 2.05) is 18.2 Å². The van der Waals surface area contributed by atoms with Gasteiger partial charge in [0.25, 0.3) is 0 Å². The van der Waals surface area contributed by atoms with Crippen molar-refractivity contribution in [3.05, 3.63) is 35.5 Å². The Labute approximate surface area is 113 Å². The maximum absolute atomic E-state index is 9.01. The van der Waals surface area contributed by atoms with E-state index in [1.54, 1.807) is 0 Å². The standard InChI is InChI=1S/C16H19N3/c1-19(2)6-5-12-8-13(12)15-10-18-16-4-3-11(9-17)7-14(15)16/h3-4,7,10,12-13,18H,5-6,8H2,1-2H3. The molecule has 0 aliphatic heterocycles. The Balaban J connectivity index is 1.81. The van der Waals surface area contributed by atoms with Gasteiger partial charge in [0.1, 0.15) is 0 Å². The summed E-state index contributed by atoms with van der Waals surface area (Å²) in [6.45, 7) is 1.16. The van der Waals surface area contributed by atoms with Gasteiger partial charge < -0.3 is 9.88 Å². The first-order valence-electron chi connectivity index (χ1n) is 6.85. The second kappa shape index (κ2) is 4.71. The maximum atomic E-state index is 9.01. The Morgan fingerprint density at radius 2 is 2.26 bits per heavy atom. The molecule has 0 spiro atoms. The first kappa shape index (κ1) is 12.3. The number of aromatic nitrogens is 1. The number of rotatable bonds is 4. The fraction of sp³-hybridized carbons (Fsp3) is 0.438. The summed E-state index contributed by atoms with van der Waals surface area (Å²) in [7, 11) is 4.25. The first-order valence-corrected chi connectivity index (χ1v) is 6.85. The molecule has 1 aromatic heterocycles. The lowest BCUT2D eigenvalue weighted by molar-refractivity contribution is 0.387. The molecule has 1 aliphatic rings. The van der Waals surface area contributed by atoms with Crippen LogP contribution in [0.4, 0.5) is 0 Å². The van der Waals surface area contributed by atoms with Crippen molar-refractivity contribution in [3.8, 4) is 6.07 Å². The number of nitrogens with one attached hydrogen (secondary N) is 1. The third kappa shape index (κ3) is 2.36. The van der Waals surface area contributed by atoms with E-state index in [9.17, 15) is 0 Å². The lowest BCUT2D eigenvalue weighted by Gasteiger charge is -2.08. The van der Waals surface area contributed by atoms with Crippen molar-refractivity contribution in [2.75, 3.05) is 20.6 Å². The summed E-state index contributed by atoms with van der Waals surface area (Å²) in [6.07, 6.45) is 4.69. The Morgan fingerprint density at radius 1 is 1.42 bits per heavy atom. The Kier molecular flexibility index (Phi) is 3.04. The molecule has 1 saturated carbocycles. The summed E-state index contributed by atoms with van der Waals surface area (Å²) >= 11 is 0. The number of hydrogen-bond donors (Lipinski definition) is 1. The highest BCUT2D eigenvalue weighted by Crippen LogP contribution is 2.51. The van der Waals surface area contributed by atoms with Gasteiger partial charge in [0.2, 0.25) is 0 Å². The van der Waals surface area contributed by atoms with E-state index in [-0.39, 0.29) is 0 Å². The van der Waals surface area contributed by atoms with E-state index in [4.69, 9.17) is 5.26 Å². The highest BCUT2D eigenvalue weighted by molar-refractivity contribution is 5.85. The van der Waals surface area contributed by atoms with Crippen molar-refractivity contribution in [2.24, 2.45) is 5.92 Å². The van der Waals surface area contributed by atoms with Crippen LogP contribution in [0.1, 0.15) is 29.9 Å². The van der Waals surface area contributed by atoms with E-state index in [0.29, 0.717) is 5.92 Å². The van der Waals surface area contributed by atoms with Crippen molar-refractivity contribution in [1.29, 1.82) is 5.26 Å². The quantitative estimate of drug-likeness (QED) is 0.909. The van der Waals surface area contributed by atoms with Crippen LogP contribution in [0.25, 0.3) is 10.9 Å². The molecule has 3 nitrogen and oxygen atoms in total. The van der Waals surface area contributed by atoms with Crippen LogP contribution in [0.15, 0.2) is 24.4 Å². The van der Waals surface area contributed by atoms with Crippen molar-refractivity contribution in [3.63, 3.8) is 0 Å². The summed E-state index contributed by atoms with van der Waals surface area (Å²) in [5, 5.41) is 10.2. The molecule has 1 aromatic carbocycles. The second-order valence-electron chi connectivity index (χ2n) is 5.81. The molecule has 1 N–H and O–H groups in total. The minimum absolute atomic E-state index is 0.683. The highest BCUT2D eigenvalue weighted by Gasteiger charge is 2.39.